The van der Waals surface area contributed by atoms with Gasteiger partial charge in [0.25, 0.3) is 11.8 Å². The Morgan fingerprint density at radius 1 is 0.789 bits per heavy atom. The third-order valence-corrected chi connectivity index (χ3v) is 5.68. The number of hydrogen-bond donors (Lipinski definition) is 2. The van der Waals surface area contributed by atoms with E-state index in [1.54, 1.807) is 24.3 Å². The van der Waals surface area contributed by atoms with Crippen molar-refractivity contribution in [2.24, 2.45) is 5.10 Å². The van der Waals surface area contributed by atoms with Crippen LogP contribution in [0, 0.1) is 0 Å². The van der Waals surface area contributed by atoms with Crippen LogP contribution in [0.3, 0.4) is 0 Å². The maximum atomic E-state index is 13.2. The van der Waals surface area contributed by atoms with Gasteiger partial charge in [-0.3, -0.25) is 9.59 Å². The Morgan fingerprint density at radius 3 is 2.11 bits per heavy atom. The normalized spacial score (nSPS) is 11.1. The molecule has 0 saturated carbocycles. The largest absolute Gasteiger partial charge is 0.493 e. The second-order valence-electron chi connectivity index (χ2n) is 7.98. The molecular formula is C28H27N3O7. The lowest BCUT2D eigenvalue weighted by atomic mass is 10.1. The van der Waals surface area contributed by atoms with Gasteiger partial charge in [0.05, 0.1) is 28.4 Å². The van der Waals surface area contributed by atoms with Gasteiger partial charge in [-0.15, -0.1) is 5.10 Å². The van der Waals surface area contributed by atoms with Crippen LogP contribution in [-0.4, -0.2) is 40.3 Å². The first-order valence-corrected chi connectivity index (χ1v) is 11.6. The minimum atomic E-state index is -0.588. The third kappa shape index (κ3) is 5.54. The van der Waals surface area contributed by atoms with Crippen molar-refractivity contribution in [3.05, 3.63) is 89.0 Å². The molecule has 0 spiro atoms. The third-order valence-electron chi connectivity index (χ3n) is 5.68. The van der Waals surface area contributed by atoms with Crippen LogP contribution in [-0.2, 0) is 6.54 Å². The predicted molar refractivity (Wildman–Crippen MR) is 140 cm³/mol. The highest BCUT2D eigenvalue weighted by Gasteiger charge is 2.18. The Bertz CT molecular complexity index is 1510. The number of carbonyl (C=O) groups excluding carboxylic acids is 2. The zero-order chi connectivity index (χ0) is 27.1. The summed E-state index contributed by atoms with van der Waals surface area (Å²) in [5.74, 6) is 0.387. The summed E-state index contributed by atoms with van der Waals surface area (Å²) >= 11 is 0. The van der Waals surface area contributed by atoms with E-state index in [2.05, 4.69) is 15.8 Å². The summed E-state index contributed by atoms with van der Waals surface area (Å²) in [6.07, 6.45) is 0. The molecular weight excluding hydrogens is 490 g/mol. The van der Waals surface area contributed by atoms with E-state index in [-0.39, 0.29) is 16.7 Å². The predicted octanol–water partition coefficient (Wildman–Crippen LogP) is 3.64. The molecule has 0 bridgehead atoms. The number of para-hydroxylation sites is 1. The second kappa shape index (κ2) is 11.8. The van der Waals surface area contributed by atoms with Gasteiger partial charge in [0.2, 0.25) is 11.3 Å². The first-order valence-electron chi connectivity index (χ1n) is 11.6. The zero-order valence-electron chi connectivity index (χ0n) is 21.4. The molecule has 4 rings (SSSR count). The Kier molecular flexibility index (Phi) is 8.12. The van der Waals surface area contributed by atoms with Crippen LogP contribution in [0.4, 0.5) is 0 Å². The fourth-order valence-electron chi connectivity index (χ4n) is 3.78. The minimum absolute atomic E-state index is 0.103. The molecule has 2 N–H and O–H groups in total. The molecule has 0 aliphatic rings. The Morgan fingerprint density at radius 2 is 1.47 bits per heavy atom. The van der Waals surface area contributed by atoms with Crippen molar-refractivity contribution in [2.45, 2.75) is 6.54 Å². The maximum absolute atomic E-state index is 13.2. The summed E-state index contributed by atoms with van der Waals surface area (Å²) in [5.41, 5.74) is 3.96. The lowest BCUT2D eigenvalue weighted by Crippen LogP contribution is -2.30. The molecule has 196 valence electrons. The molecule has 0 unspecified atom stereocenters. The number of ether oxygens (including phenoxy) is 4. The lowest BCUT2D eigenvalue weighted by Gasteiger charge is -2.13. The highest BCUT2D eigenvalue weighted by molar-refractivity contribution is 5.98. The van der Waals surface area contributed by atoms with Crippen LogP contribution in [0.5, 0.6) is 23.0 Å². The van der Waals surface area contributed by atoms with E-state index >= 15 is 0 Å². The number of methoxy groups -OCH3 is 4. The van der Waals surface area contributed by atoms with Crippen molar-refractivity contribution in [3.8, 4) is 23.0 Å². The van der Waals surface area contributed by atoms with E-state index in [1.165, 1.54) is 40.6 Å². The highest BCUT2D eigenvalue weighted by atomic mass is 16.5. The number of hydrogen-bond acceptors (Lipinski definition) is 8. The van der Waals surface area contributed by atoms with Crippen molar-refractivity contribution in [1.29, 1.82) is 0 Å². The van der Waals surface area contributed by atoms with Gasteiger partial charge < -0.3 is 28.7 Å². The van der Waals surface area contributed by atoms with Gasteiger partial charge in [0.1, 0.15) is 5.56 Å². The molecule has 4 aromatic rings. The molecule has 38 heavy (non-hydrogen) atoms. The SMILES string of the molecule is COc1cc(C(=O)NN=c2oc3c(OC)cccc3cc2C(=O)NCc2ccccc2)cc(OC)c1OC. The molecule has 0 radical (unpaired) electrons. The van der Waals surface area contributed by atoms with Crippen LogP contribution in [0.1, 0.15) is 26.3 Å². The summed E-state index contributed by atoms with van der Waals surface area (Å²) in [6, 6.07) is 19.4. The number of benzene rings is 3. The highest BCUT2D eigenvalue weighted by Crippen LogP contribution is 2.38. The molecule has 0 atom stereocenters. The number of carbonyl (C=O) groups is 2. The van der Waals surface area contributed by atoms with E-state index in [4.69, 9.17) is 23.4 Å². The lowest BCUT2D eigenvalue weighted by molar-refractivity contribution is 0.0932. The van der Waals surface area contributed by atoms with E-state index in [9.17, 15) is 9.59 Å². The van der Waals surface area contributed by atoms with Gasteiger partial charge in [-0.25, -0.2) is 5.43 Å². The Labute approximate surface area is 218 Å². The van der Waals surface area contributed by atoms with Crippen LogP contribution in [0.15, 0.2) is 76.2 Å². The molecule has 0 saturated heterocycles. The Balaban J connectivity index is 1.72. The minimum Gasteiger partial charge on any atom is -0.493 e. The van der Waals surface area contributed by atoms with Crippen LogP contribution in [0.2, 0.25) is 0 Å². The summed E-state index contributed by atoms with van der Waals surface area (Å²) in [7, 11) is 5.87. The van der Waals surface area contributed by atoms with Gasteiger partial charge in [-0.2, -0.15) is 0 Å². The topological polar surface area (TPSA) is 121 Å². The first-order chi connectivity index (χ1) is 18.5. The zero-order valence-corrected chi connectivity index (χ0v) is 21.4. The molecule has 1 aromatic heterocycles. The fraction of sp³-hybridized carbons (Fsp3) is 0.179. The molecule has 10 nitrogen and oxygen atoms in total. The summed E-state index contributed by atoms with van der Waals surface area (Å²) < 4.78 is 27.3. The monoisotopic (exact) mass is 517 g/mol. The van der Waals surface area contributed by atoms with E-state index in [1.807, 2.05) is 30.3 Å². The first kappa shape index (κ1) is 26.1. The molecule has 0 aliphatic heterocycles. The summed E-state index contributed by atoms with van der Waals surface area (Å²) in [5, 5.41) is 7.63. The van der Waals surface area contributed by atoms with Crippen molar-refractivity contribution in [2.75, 3.05) is 28.4 Å². The molecule has 0 aliphatic carbocycles. The van der Waals surface area contributed by atoms with Crippen LogP contribution in [0.25, 0.3) is 11.0 Å². The second-order valence-corrected chi connectivity index (χ2v) is 7.98. The number of amides is 2. The van der Waals surface area contributed by atoms with Crippen molar-refractivity contribution >= 4 is 22.8 Å². The number of nitrogens with zero attached hydrogens (tertiary/aromatic N) is 1. The van der Waals surface area contributed by atoms with Gasteiger partial charge in [0.15, 0.2) is 22.8 Å². The average molecular weight is 518 g/mol. The van der Waals surface area contributed by atoms with Gasteiger partial charge in [-0.1, -0.05) is 42.5 Å². The molecule has 1 heterocycles. The van der Waals surface area contributed by atoms with Crippen molar-refractivity contribution in [3.63, 3.8) is 0 Å². The van der Waals surface area contributed by atoms with Crippen LogP contribution >= 0.6 is 0 Å². The summed E-state index contributed by atoms with van der Waals surface area (Å²) in [4.78, 5) is 26.2. The van der Waals surface area contributed by atoms with Crippen molar-refractivity contribution < 1.29 is 33.0 Å². The average Bonchev–Trinajstić information content (AvgIpc) is 2.97. The van der Waals surface area contributed by atoms with E-state index in [0.717, 1.165) is 5.56 Å². The smallest absolute Gasteiger partial charge is 0.271 e. The van der Waals surface area contributed by atoms with E-state index < -0.39 is 11.8 Å². The maximum Gasteiger partial charge on any atom is 0.271 e. The number of nitrogens with one attached hydrogen (secondary N) is 2. The van der Waals surface area contributed by atoms with Gasteiger partial charge in [0, 0.05) is 17.5 Å². The fourth-order valence-corrected chi connectivity index (χ4v) is 3.78. The molecule has 10 heteroatoms. The molecule has 3 aromatic carbocycles. The standard InChI is InChI=1S/C28H27N3O7/c1-34-21-12-8-11-18-13-20(27(33)29-16-17-9-6-5-7-10-17)28(38-24(18)21)31-30-26(32)19-14-22(35-2)25(37-4)23(15-19)36-3/h5-15H,16H2,1-4H3,(H,29,33)(H,30,32). The molecule has 0 fully saturated rings. The van der Waals surface area contributed by atoms with Gasteiger partial charge in [-0.05, 0) is 29.8 Å². The van der Waals surface area contributed by atoms with E-state index in [0.29, 0.717) is 40.5 Å². The number of fused-ring (bicyclic) bond motifs is 1. The quantitative estimate of drug-likeness (QED) is 0.325. The van der Waals surface area contributed by atoms with Crippen LogP contribution < -0.4 is 35.2 Å². The van der Waals surface area contributed by atoms with Gasteiger partial charge >= 0.3 is 0 Å². The summed E-state index contributed by atoms with van der Waals surface area (Å²) in [6.45, 7) is 0.299. The van der Waals surface area contributed by atoms with Crippen molar-refractivity contribution in [1.82, 2.24) is 10.7 Å². The Hall–Kier alpha value is -4.99. The number of rotatable bonds is 9. The molecule has 2 amide bonds.